The van der Waals surface area contributed by atoms with Crippen molar-refractivity contribution in [3.05, 3.63) is 58.1 Å². The molecule has 0 saturated carbocycles. The molecular weight excluding hydrogens is 451 g/mol. The number of hydrogen-bond donors (Lipinski definition) is 1. The summed E-state index contributed by atoms with van der Waals surface area (Å²) in [5.74, 6) is 0.597. The van der Waals surface area contributed by atoms with Crippen molar-refractivity contribution in [1.29, 1.82) is 0 Å². The van der Waals surface area contributed by atoms with Gasteiger partial charge < -0.3 is 19.7 Å². The maximum absolute atomic E-state index is 13.2. The minimum Gasteiger partial charge on any atom is -0.497 e. The average molecular weight is 481 g/mol. The van der Waals surface area contributed by atoms with Gasteiger partial charge in [0.1, 0.15) is 17.5 Å². The molecule has 0 saturated heterocycles. The van der Waals surface area contributed by atoms with Crippen LogP contribution in [0.25, 0.3) is 0 Å². The van der Waals surface area contributed by atoms with Crippen LogP contribution in [0.3, 0.4) is 0 Å². The Kier molecular flexibility index (Phi) is 9.22. The molecule has 32 heavy (non-hydrogen) atoms. The molecule has 0 spiro atoms. The summed E-state index contributed by atoms with van der Waals surface area (Å²) >= 11 is 12.7. The van der Waals surface area contributed by atoms with Crippen molar-refractivity contribution in [3.63, 3.8) is 0 Å². The number of rotatable bonds is 9. The molecule has 8 heteroatoms. The lowest BCUT2D eigenvalue weighted by Crippen LogP contribution is -2.54. The van der Waals surface area contributed by atoms with Gasteiger partial charge in [-0.05, 0) is 63.6 Å². The fourth-order valence-corrected chi connectivity index (χ4v) is 3.64. The van der Waals surface area contributed by atoms with Gasteiger partial charge in [-0.15, -0.1) is 0 Å². The van der Waals surface area contributed by atoms with Crippen molar-refractivity contribution in [1.82, 2.24) is 10.2 Å². The van der Waals surface area contributed by atoms with Crippen molar-refractivity contribution in [2.75, 3.05) is 13.7 Å². The van der Waals surface area contributed by atoms with Crippen LogP contribution in [0.2, 0.25) is 10.0 Å². The first-order chi connectivity index (χ1) is 15.1. The fourth-order valence-electron chi connectivity index (χ4n) is 3.13. The number of nitrogens with one attached hydrogen (secondary N) is 1. The molecule has 0 radical (unpaired) electrons. The van der Waals surface area contributed by atoms with E-state index in [0.29, 0.717) is 33.5 Å². The van der Waals surface area contributed by atoms with E-state index in [-0.39, 0.29) is 25.0 Å². The Morgan fingerprint density at radius 3 is 2.09 bits per heavy atom. The van der Waals surface area contributed by atoms with Crippen molar-refractivity contribution in [2.45, 2.75) is 52.2 Å². The van der Waals surface area contributed by atoms with E-state index in [9.17, 15) is 9.59 Å². The van der Waals surface area contributed by atoms with Crippen molar-refractivity contribution < 1.29 is 19.1 Å². The molecule has 0 unspecified atom stereocenters. The standard InChI is InChI=1S/C24H30Cl2N2O4/c1-6-21(23(30)27-24(2,3)4)28(14-18-19(25)8-7-9-20(18)26)22(29)15-32-17-12-10-16(31-5)11-13-17/h7-13,21H,6,14-15H2,1-5H3,(H,27,30)/t21-/m1/s1. The molecule has 0 aliphatic carbocycles. The summed E-state index contributed by atoms with van der Waals surface area (Å²) in [6.45, 7) is 7.36. The Labute approximate surface area is 199 Å². The topological polar surface area (TPSA) is 67.9 Å². The fraction of sp³-hybridized carbons (Fsp3) is 0.417. The van der Waals surface area contributed by atoms with E-state index >= 15 is 0 Å². The Morgan fingerprint density at radius 1 is 1.03 bits per heavy atom. The molecule has 1 N–H and O–H groups in total. The lowest BCUT2D eigenvalue weighted by molar-refractivity contribution is -0.143. The number of benzene rings is 2. The third kappa shape index (κ3) is 7.31. The summed E-state index contributed by atoms with van der Waals surface area (Å²) in [6.07, 6.45) is 0.415. The van der Waals surface area contributed by atoms with Crippen LogP contribution >= 0.6 is 23.2 Å². The molecule has 2 aromatic rings. The molecule has 0 aliphatic rings. The zero-order valence-electron chi connectivity index (χ0n) is 19.1. The van der Waals surface area contributed by atoms with Crippen molar-refractivity contribution in [2.24, 2.45) is 0 Å². The quantitative estimate of drug-likeness (QED) is 0.541. The lowest BCUT2D eigenvalue weighted by atomic mass is 10.1. The van der Waals surface area contributed by atoms with Gasteiger partial charge in [0.05, 0.1) is 7.11 Å². The number of carbonyl (C=O) groups excluding carboxylic acids is 2. The Hall–Kier alpha value is -2.44. The monoisotopic (exact) mass is 480 g/mol. The van der Waals surface area contributed by atoms with Crippen LogP contribution in [-0.2, 0) is 16.1 Å². The second kappa shape index (κ2) is 11.4. The zero-order chi connectivity index (χ0) is 23.9. The number of amides is 2. The third-order valence-electron chi connectivity index (χ3n) is 4.70. The van der Waals surface area contributed by atoms with Gasteiger partial charge in [0, 0.05) is 27.7 Å². The minimum absolute atomic E-state index is 0.0827. The van der Waals surface area contributed by atoms with Crippen LogP contribution in [0.15, 0.2) is 42.5 Å². The van der Waals surface area contributed by atoms with Gasteiger partial charge in [0.2, 0.25) is 5.91 Å². The van der Waals surface area contributed by atoms with E-state index in [4.69, 9.17) is 32.7 Å². The molecule has 2 aromatic carbocycles. The van der Waals surface area contributed by atoms with Crippen molar-refractivity contribution in [3.8, 4) is 11.5 Å². The summed E-state index contributed by atoms with van der Waals surface area (Å²) in [6, 6.07) is 11.3. The average Bonchev–Trinajstić information content (AvgIpc) is 2.73. The molecular formula is C24H30Cl2N2O4. The van der Waals surface area contributed by atoms with E-state index in [0.717, 1.165) is 0 Å². The summed E-state index contributed by atoms with van der Waals surface area (Å²) in [4.78, 5) is 27.7. The second-order valence-electron chi connectivity index (χ2n) is 8.35. The van der Waals surface area contributed by atoms with Gasteiger partial charge in [-0.3, -0.25) is 9.59 Å². The summed E-state index contributed by atoms with van der Waals surface area (Å²) in [7, 11) is 1.57. The summed E-state index contributed by atoms with van der Waals surface area (Å²) in [5, 5.41) is 3.81. The van der Waals surface area contributed by atoms with E-state index in [2.05, 4.69) is 5.32 Å². The highest BCUT2D eigenvalue weighted by Gasteiger charge is 2.31. The highest BCUT2D eigenvalue weighted by molar-refractivity contribution is 6.36. The molecule has 0 heterocycles. The van der Waals surface area contributed by atoms with Crippen LogP contribution < -0.4 is 14.8 Å². The van der Waals surface area contributed by atoms with Gasteiger partial charge in [-0.25, -0.2) is 0 Å². The van der Waals surface area contributed by atoms with Gasteiger partial charge in [0.15, 0.2) is 6.61 Å². The first-order valence-corrected chi connectivity index (χ1v) is 11.1. The van der Waals surface area contributed by atoms with Crippen LogP contribution in [0.5, 0.6) is 11.5 Å². The molecule has 0 aliphatic heterocycles. The molecule has 2 rings (SSSR count). The SMILES string of the molecule is CC[C@H](C(=O)NC(C)(C)C)N(Cc1c(Cl)cccc1Cl)C(=O)COc1ccc(OC)cc1. The molecule has 0 bridgehead atoms. The zero-order valence-corrected chi connectivity index (χ0v) is 20.6. The molecule has 2 amide bonds. The van der Waals surface area contributed by atoms with E-state index in [1.807, 2.05) is 27.7 Å². The number of nitrogens with zero attached hydrogens (tertiary/aromatic N) is 1. The smallest absolute Gasteiger partial charge is 0.261 e. The van der Waals surface area contributed by atoms with Crippen LogP contribution in [-0.4, -0.2) is 42.0 Å². The number of hydrogen-bond acceptors (Lipinski definition) is 4. The highest BCUT2D eigenvalue weighted by Crippen LogP contribution is 2.27. The van der Waals surface area contributed by atoms with Crippen LogP contribution in [0.1, 0.15) is 39.7 Å². The maximum atomic E-state index is 13.2. The van der Waals surface area contributed by atoms with Gasteiger partial charge in [0.25, 0.3) is 5.91 Å². The molecule has 6 nitrogen and oxygen atoms in total. The first-order valence-electron chi connectivity index (χ1n) is 10.4. The first kappa shape index (κ1) is 25.8. The van der Waals surface area contributed by atoms with E-state index in [1.54, 1.807) is 49.6 Å². The largest absolute Gasteiger partial charge is 0.497 e. The number of halogens is 2. The number of ether oxygens (including phenoxy) is 2. The second-order valence-corrected chi connectivity index (χ2v) is 9.16. The Bertz CT molecular complexity index is 906. The maximum Gasteiger partial charge on any atom is 0.261 e. The van der Waals surface area contributed by atoms with Crippen molar-refractivity contribution >= 4 is 35.0 Å². The van der Waals surface area contributed by atoms with Gasteiger partial charge in [-0.2, -0.15) is 0 Å². The van der Waals surface area contributed by atoms with Crippen LogP contribution in [0.4, 0.5) is 0 Å². The normalized spacial score (nSPS) is 12.1. The van der Waals surface area contributed by atoms with Crippen LogP contribution in [0, 0.1) is 0 Å². The Balaban J connectivity index is 2.28. The predicted octanol–water partition coefficient (Wildman–Crippen LogP) is 5.10. The lowest BCUT2D eigenvalue weighted by Gasteiger charge is -2.33. The minimum atomic E-state index is -0.714. The van der Waals surface area contributed by atoms with E-state index in [1.165, 1.54) is 4.90 Å². The number of methoxy groups -OCH3 is 1. The molecule has 0 aromatic heterocycles. The molecule has 0 fully saturated rings. The van der Waals surface area contributed by atoms with Gasteiger partial charge >= 0.3 is 0 Å². The predicted molar refractivity (Wildman–Crippen MR) is 127 cm³/mol. The Morgan fingerprint density at radius 2 is 1.59 bits per heavy atom. The third-order valence-corrected chi connectivity index (χ3v) is 5.40. The summed E-state index contributed by atoms with van der Waals surface area (Å²) < 4.78 is 10.8. The van der Waals surface area contributed by atoms with Gasteiger partial charge in [-0.1, -0.05) is 36.2 Å². The highest BCUT2D eigenvalue weighted by atomic mass is 35.5. The number of carbonyl (C=O) groups is 2. The summed E-state index contributed by atoms with van der Waals surface area (Å²) in [5.41, 5.74) is 0.136. The molecule has 174 valence electrons. The van der Waals surface area contributed by atoms with E-state index < -0.39 is 11.6 Å². The molecule has 1 atom stereocenters.